The third-order valence-corrected chi connectivity index (χ3v) is 7.63. The molecule has 2 N–H and O–H groups in total. The molecule has 1 unspecified atom stereocenters. The number of thiophene rings is 1. The summed E-state index contributed by atoms with van der Waals surface area (Å²) < 4.78 is 0. The fraction of sp³-hybridized carbons (Fsp3) is 0.650. The zero-order valence-corrected chi connectivity index (χ0v) is 18.0. The van der Waals surface area contributed by atoms with Crippen molar-refractivity contribution < 1.29 is 4.79 Å². The molecule has 1 amide bonds. The molecule has 5 nitrogen and oxygen atoms in total. The quantitative estimate of drug-likeness (QED) is 0.768. The third-order valence-electron chi connectivity index (χ3n) is 5.38. The van der Waals surface area contributed by atoms with E-state index in [9.17, 15) is 9.59 Å². The second kappa shape index (κ2) is 9.24. The Kier molecular flexibility index (Phi) is 6.98. The lowest BCUT2D eigenvalue weighted by Gasteiger charge is -2.22. The molecule has 1 fully saturated rings. The monoisotopic (exact) mass is 407 g/mol. The van der Waals surface area contributed by atoms with Crippen LogP contribution in [0, 0.1) is 13.8 Å². The SMILES string of the molecule is Cc1sc2nc(CSC(C)C(=O)NC3CCCCCCC3)[nH]c(=O)c2c1C. The van der Waals surface area contributed by atoms with Gasteiger partial charge in [0.15, 0.2) is 0 Å². The van der Waals surface area contributed by atoms with Crippen LogP contribution in [0.4, 0.5) is 0 Å². The van der Waals surface area contributed by atoms with Gasteiger partial charge < -0.3 is 10.3 Å². The van der Waals surface area contributed by atoms with E-state index in [4.69, 9.17) is 0 Å². The first-order chi connectivity index (χ1) is 13.0. The first-order valence-electron chi connectivity index (χ1n) is 9.86. The minimum atomic E-state index is -0.164. The number of rotatable bonds is 5. The number of hydrogen-bond donors (Lipinski definition) is 2. The molecule has 0 spiro atoms. The maximum Gasteiger partial charge on any atom is 0.259 e. The maximum atomic E-state index is 12.5. The molecular weight excluding hydrogens is 378 g/mol. The molecule has 0 aromatic carbocycles. The molecule has 1 atom stereocenters. The van der Waals surface area contributed by atoms with Gasteiger partial charge in [-0.2, -0.15) is 0 Å². The molecule has 1 aliphatic carbocycles. The molecule has 7 heteroatoms. The lowest BCUT2D eigenvalue weighted by molar-refractivity contribution is -0.121. The summed E-state index contributed by atoms with van der Waals surface area (Å²) in [5, 5.41) is 3.76. The number of amides is 1. The Morgan fingerprint density at radius 3 is 2.63 bits per heavy atom. The van der Waals surface area contributed by atoms with Crippen LogP contribution in [0.2, 0.25) is 0 Å². The van der Waals surface area contributed by atoms with Gasteiger partial charge in [0, 0.05) is 10.9 Å². The second-order valence-corrected chi connectivity index (χ2v) is 10.0. The number of carbonyl (C=O) groups excluding carboxylic acids is 1. The van der Waals surface area contributed by atoms with E-state index in [-0.39, 0.29) is 16.7 Å². The summed E-state index contributed by atoms with van der Waals surface area (Å²) in [7, 11) is 0. The van der Waals surface area contributed by atoms with Crippen molar-refractivity contribution in [1.29, 1.82) is 0 Å². The van der Waals surface area contributed by atoms with Gasteiger partial charge >= 0.3 is 0 Å². The lowest BCUT2D eigenvalue weighted by atomic mass is 9.97. The average Bonchev–Trinajstić information content (AvgIpc) is 2.89. The fourth-order valence-corrected chi connectivity index (χ4v) is 5.38. The van der Waals surface area contributed by atoms with Gasteiger partial charge in [-0.05, 0) is 39.2 Å². The predicted octanol–water partition coefficient (Wildman–Crippen LogP) is 4.45. The van der Waals surface area contributed by atoms with E-state index < -0.39 is 0 Å². The van der Waals surface area contributed by atoms with Crippen molar-refractivity contribution in [3.63, 3.8) is 0 Å². The topological polar surface area (TPSA) is 74.8 Å². The number of aromatic nitrogens is 2. The number of thioether (sulfide) groups is 1. The van der Waals surface area contributed by atoms with E-state index in [1.807, 2.05) is 20.8 Å². The molecule has 0 radical (unpaired) electrons. The summed E-state index contributed by atoms with van der Waals surface area (Å²) in [5.41, 5.74) is 0.930. The Labute approximate surface area is 168 Å². The van der Waals surface area contributed by atoms with Gasteiger partial charge in [-0.1, -0.05) is 32.1 Å². The highest BCUT2D eigenvalue weighted by Crippen LogP contribution is 2.26. The van der Waals surface area contributed by atoms with Crippen molar-refractivity contribution in [3.05, 3.63) is 26.6 Å². The number of aryl methyl sites for hydroxylation is 2. The summed E-state index contributed by atoms with van der Waals surface area (Å²) in [4.78, 5) is 34.3. The summed E-state index contributed by atoms with van der Waals surface area (Å²) >= 11 is 3.08. The Morgan fingerprint density at radius 1 is 1.26 bits per heavy atom. The zero-order chi connectivity index (χ0) is 19.4. The van der Waals surface area contributed by atoms with Crippen LogP contribution in [-0.2, 0) is 10.5 Å². The predicted molar refractivity (Wildman–Crippen MR) is 115 cm³/mol. The lowest BCUT2D eigenvalue weighted by Crippen LogP contribution is -2.39. The number of H-pyrrole nitrogens is 1. The van der Waals surface area contributed by atoms with Crippen LogP contribution >= 0.6 is 23.1 Å². The van der Waals surface area contributed by atoms with E-state index in [1.165, 1.54) is 43.9 Å². The van der Waals surface area contributed by atoms with Crippen LogP contribution < -0.4 is 10.9 Å². The average molecular weight is 408 g/mol. The molecule has 0 aliphatic heterocycles. The first-order valence-corrected chi connectivity index (χ1v) is 11.7. The van der Waals surface area contributed by atoms with E-state index in [1.54, 1.807) is 11.3 Å². The van der Waals surface area contributed by atoms with Crippen molar-refractivity contribution in [2.24, 2.45) is 0 Å². The minimum Gasteiger partial charge on any atom is -0.352 e. The van der Waals surface area contributed by atoms with Gasteiger partial charge in [0.25, 0.3) is 5.56 Å². The van der Waals surface area contributed by atoms with Gasteiger partial charge in [0.2, 0.25) is 5.91 Å². The Hall–Kier alpha value is -1.34. The van der Waals surface area contributed by atoms with E-state index in [0.717, 1.165) is 28.1 Å². The van der Waals surface area contributed by atoms with Crippen LogP contribution in [0.3, 0.4) is 0 Å². The number of carbonyl (C=O) groups is 1. The van der Waals surface area contributed by atoms with Crippen molar-refractivity contribution in [3.8, 4) is 0 Å². The molecule has 2 aromatic rings. The number of hydrogen-bond acceptors (Lipinski definition) is 5. The first kappa shape index (κ1) is 20.4. The molecule has 0 bridgehead atoms. The second-order valence-electron chi connectivity index (χ2n) is 7.48. The van der Waals surface area contributed by atoms with Crippen LogP contribution in [0.25, 0.3) is 10.2 Å². The Balaban J connectivity index is 1.58. The molecule has 1 saturated carbocycles. The van der Waals surface area contributed by atoms with Crippen LogP contribution in [-0.4, -0.2) is 27.2 Å². The van der Waals surface area contributed by atoms with E-state index >= 15 is 0 Å². The molecule has 148 valence electrons. The van der Waals surface area contributed by atoms with Gasteiger partial charge in [-0.3, -0.25) is 9.59 Å². The van der Waals surface area contributed by atoms with Crippen molar-refractivity contribution in [2.45, 2.75) is 82.8 Å². The molecule has 3 rings (SSSR count). The van der Waals surface area contributed by atoms with Gasteiger partial charge in [0.05, 0.1) is 16.4 Å². The highest BCUT2D eigenvalue weighted by Gasteiger charge is 2.19. The Morgan fingerprint density at radius 2 is 1.93 bits per heavy atom. The molecule has 2 aromatic heterocycles. The third kappa shape index (κ3) is 5.13. The number of aromatic amines is 1. The molecular formula is C20H29N3O2S2. The van der Waals surface area contributed by atoms with E-state index in [2.05, 4.69) is 15.3 Å². The summed E-state index contributed by atoms with van der Waals surface area (Å²) in [5.74, 6) is 1.27. The summed E-state index contributed by atoms with van der Waals surface area (Å²) in [6.07, 6.45) is 8.47. The standard InChI is InChI=1S/C20H29N3O2S2/c1-12-13(2)27-20-17(12)19(25)22-16(23-20)11-26-14(3)18(24)21-15-9-7-5-4-6-8-10-15/h14-15H,4-11H2,1-3H3,(H,21,24)(H,22,23,25). The summed E-state index contributed by atoms with van der Waals surface area (Å²) in [6, 6.07) is 0.312. The highest BCUT2D eigenvalue weighted by molar-refractivity contribution is 7.99. The normalized spacial score (nSPS) is 17.4. The number of nitrogens with one attached hydrogen (secondary N) is 2. The molecule has 2 heterocycles. The smallest absolute Gasteiger partial charge is 0.259 e. The van der Waals surface area contributed by atoms with Crippen molar-refractivity contribution in [2.75, 3.05) is 0 Å². The maximum absolute atomic E-state index is 12.5. The summed E-state index contributed by atoms with van der Waals surface area (Å²) in [6.45, 7) is 5.90. The van der Waals surface area contributed by atoms with Crippen LogP contribution in [0.1, 0.15) is 68.1 Å². The Bertz CT molecular complexity index is 851. The van der Waals surface area contributed by atoms with Crippen molar-refractivity contribution in [1.82, 2.24) is 15.3 Å². The highest BCUT2D eigenvalue weighted by atomic mass is 32.2. The largest absolute Gasteiger partial charge is 0.352 e. The molecule has 1 aliphatic rings. The van der Waals surface area contributed by atoms with Gasteiger partial charge in [-0.15, -0.1) is 23.1 Å². The molecule has 27 heavy (non-hydrogen) atoms. The zero-order valence-electron chi connectivity index (χ0n) is 16.4. The van der Waals surface area contributed by atoms with E-state index in [0.29, 0.717) is 23.0 Å². The van der Waals surface area contributed by atoms with Gasteiger partial charge in [-0.25, -0.2) is 4.98 Å². The number of nitrogens with zero attached hydrogens (tertiary/aromatic N) is 1. The fourth-order valence-electron chi connectivity index (χ4n) is 3.57. The number of fused-ring (bicyclic) bond motifs is 1. The minimum absolute atomic E-state index is 0.0796. The van der Waals surface area contributed by atoms with Gasteiger partial charge in [0.1, 0.15) is 10.7 Å². The van der Waals surface area contributed by atoms with Crippen LogP contribution in [0.15, 0.2) is 4.79 Å². The van der Waals surface area contributed by atoms with Crippen LogP contribution in [0.5, 0.6) is 0 Å². The van der Waals surface area contributed by atoms with Crippen molar-refractivity contribution >= 4 is 39.2 Å². The molecule has 0 saturated heterocycles.